The maximum absolute atomic E-state index is 9.94. The van der Waals surface area contributed by atoms with Crippen molar-refractivity contribution in [3.63, 3.8) is 0 Å². The zero-order valence-electron chi connectivity index (χ0n) is 16.7. The molecule has 176 valence electrons. The van der Waals surface area contributed by atoms with Gasteiger partial charge in [0.2, 0.25) is 0 Å². The summed E-state index contributed by atoms with van der Waals surface area (Å²) in [5, 5.41) is 40.5. The van der Waals surface area contributed by atoms with E-state index in [1.165, 1.54) is 0 Å². The number of hydrogen-bond acceptors (Lipinski definition) is 9. The van der Waals surface area contributed by atoms with Crippen LogP contribution in [-0.2, 0) is 24.0 Å². The average molecular weight is 449 g/mol. The molecule has 0 amide bonds. The highest BCUT2D eigenvalue weighted by Crippen LogP contribution is 2.19. The highest BCUT2D eigenvalue weighted by atomic mass is 16.9. The van der Waals surface area contributed by atoms with Gasteiger partial charge in [-0.2, -0.15) is 0 Å². The maximum atomic E-state index is 9.94. The first kappa shape index (κ1) is 29.7. The SMILES string of the molecule is NCCN1CCC(CCO[N+](=O)[O-])CC1.O=C(O)/C=C/C(=O)O.O=C(O)/C=C/C(=O)O. The van der Waals surface area contributed by atoms with Crippen LogP contribution >= 0.6 is 0 Å². The summed E-state index contributed by atoms with van der Waals surface area (Å²) in [6, 6.07) is 0. The van der Waals surface area contributed by atoms with Gasteiger partial charge in [0, 0.05) is 37.4 Å². The van der Waals surface area contributed by atoms with Gasteiger partial charge < -0.3 is 35.9 Å². The van der Waals surface area contributed by atoms with E-state index in [-0.39, 0.29) is 6.61 Å². The number of carboxylic acids is 4. The zero-order chi connectivity index (χ0) is 24.2. The molecule has 0 aromatic heterocycles. The van der Waals surface area contributed by atoms with E-state index in [0.29, 0.717) is 36.8 Å². The van der Waals surface area contributed by atoms with Gasteiger partial charge in [-0.15, -0.1) is 10.1 Å². The monoisotopic (exact) mass is 449 g/mol. The van der Waals surface area contributed by atoms with Crippen molar-refractivity contribution < 1.29 is 49.5 Å². The van der Waals surface area contributed by atoms with Crippen LogP contribution in [0.4, 0.5) is 0 Å². The fraction of sp³-hybridized carbons (Fsp3) is 0.529. The van der Waals surface area contributed by atoms with Crippen molar-refractivity contribution in [2.75, 3.05) is 32.8 Å². The summed E-state index contributed by atoms with van der Waals surface area (Å²) in [6.45, 7) is 4.00. The molecule has 1 fully saturated rings. The fourth-order valence-electron chi connectivity index (χ4n) is 2.26. The van der Waals surface area contributed by atoms with Gasteiger partial charge in [-0.05, 0) is 38.3 Å². The largest absolute Gasteiger partial charge is 0.478 e. The topological polar surface area (TPSA) is 231 Å². The van der Waals surface area contributed by atoms with Crippen LogP contribution in [0.1, 0.15) is 19.3 Å². The number of carbonyl (C=O) groups is 4. The summed E-state index contributed by atoms with van der Waals surface area (Å²) in [5.74, 6) is -4.46. The number of likely N-dealkylation sites (tertiary alicyclic amines) is 1. The number of rotatable bonds is 10. The summed E-state index contributed by atoms with van der Waals surface area (Å²) >= 11 is 0. The van der Waals surface area contributed by atoms with Gasteiger partial charge in [-0.25, -0.2) is 19.2 Å². The molecule has 14 nitrogen and oxygen atoms in total. The Bertz CT molecular complexity index is 575. The molecule has 31 heavy (non-hydrogen) atoms. The number of aliphatic carboxylic acids is 4. The summed E-state index contributed by atoms with van der Waals surface area (Å²) in [6.07, 6.45) is 5.22. The molecule has 0 aromatic rings. The molecule has 0 aliphatic carbocycles. The van der Waals surface area contributed by atoms with E-state index in [1.54, 1.807) is 0 Å². The quantitative estimate of drug-likeness (QED) is 0.164. The Morgan fingerprint density at radius 1 is 0.935 bits per heavy atom. The van der Waals surface area contributed by atoms with Crippen LogP contribution in [0.2, 0.25) is 0 Å². The lowest BCUT2D eigenvalue weighted by atomic mass is 9.94. The standard InChI is InChI=1S/C9H19N3O3.2C4H4O4/c10-4-7-11-5-1-9(2-6-11)3-8-15-12(13)14;2*5-3(6)1-2-4(7)8/h9H,1-8,10H2;2*1-2H,(H,5,6)(H,7,8)/b;2*2-1+. The average Bonchev–Trinajstić information content (AvgIpc) is 2.67. The Morgan fingerprint density at radius 2 is 1.32 bits per heavy atom. The second-order valence-electron chi connectivity index (χ2n) is 5.94. The smallest absolute Gasteiger partial charge is 0.328 e. The molecule has 1 aliphatic rings. The van der Waals surface area contributed by atoms with Crippen LogP contribution in [0.15, 0.2) is 24.3 Å². The number of carboxylic acid groups (broad SMARTS) is 4. The molecular weight excluding hydrogens is 422 g/mol. The molecule has 6 N–H and O–H groups in total. The van der Waals surface area contributed by atoms with E-state index < -0.39 is 29.0 Å². The minimum atomic E-state index is -1.26. The third-order valence-electron chi connectivity index (χ3n) is 3.61. The highest BCUT2D eigenvalue weighted by molar-refractivity contribution is 5.90. The Kier molecular flexibility index (Phi) is 17.7. The van der Waals surface area contributed by atoms with Crippen molar-refractivity contribution >= 4 is 23.9 Å². The molecule has 0 spiro atoms. The van der Waals surface area contributed by atoms with E-state index in [0.717, 1.165) is 38.9 Å². The van der Waals surface area contributed by atoms with Crippen LogP contribution in [0, 0.1) is 16.0 Å². The van der Waals surface area contributed by atoms with Gasteiger partial charge in [0.25, 0.3) is 5.09 Å². The van der Waals surface area contributed by atoms with Crippen LogP contribution in [0.3, 0.4) is 0 Å². The molecule has 1 rings (SSSR count). The van der Waals surface area contributed by atoms with Crippen molar-refractivity contribution in [2.24, 2.45) is 11.7 Å². The van der Waals surface area contributed by atoms with Crippen LogP contribution in [-0.4, -0.2) is 87.1 Å². The third kappa shape index (κ3) is 24.4. The lowest BCUT2D eigenvalue weighted by Gasteiger charge is -2.31. The van der Waals surface area contributed by atoms with E-state index in [1.807, 2.05) is 0 Å². The summed E-state index contributed by atoms with van der Waals surface area (Å²) in [4.78, 5) is 54.8. The van der Waals surface area contributed by atoms with Crippen LogP contribution in [0.5, 0.6) is 0 Å². The predicted molar refractivity (Wildman–Crippen MR) is 105 cm³/mol. The first-order valence-electron chi connectivity index (χ1n) is 8.95. The summed E-state index contributed by atoms with van der Waals surface area (Å²) in [5.41, 5.74) is 5.47. The molecule has 0 bridgehead atoms. The van der Waals surface area contributed by atoms with Gasteiger partial charge in [-0.3, -0.25) is 0 Å². The van der Waals surface area contributed by atoms with E-state index in [2.05, 4.69) is 9.74 Å². The molecule has 0 unspecified atom stereocenters. The maximum Gasteiger partial charge on any atom is 0.328 e. The van der Waals surface area contributed by atoms with Gasteiger partial charge in [-0.1, -0.05) is 0 Å². The van der Waals surface area contributed by atoms with Gasteiger partial charge >= 0.3 is 23.9 Å². The molecule has 1 heterocycles. The van der Waals surface area contributed by atoms with Crippen molar-refractivity contribution in [2.45, 2.75) is 19.3 Å². The van der Waals surface area contributed by atoms with Crippen molar-refractivity contribution in [3.05, 3.63) is 34.4 Å². The lowest BCUT2D eigenvalue weighted by molar-refractivity contribution is -0.758. The molecule has 1 saturated heterocycles. The summed E-state index contributed by atoms with van der Waals surface area (Å²) in [7, 11) is 0. The van der Waals surface area contributed by atoms with Crippen molar-refractivity contribution in [1.29, 1.82) is 0 Å². The second kappa shape index (κ2) is 18.5. The Hall–Kier alpha value is -3.52. The highest BCUT2D eigenvalue weighted by Gasteiger charge is 2.18. The number of nitrogens with two attached hydrogens (primary N) is 1. The first-order valence-corrected chi connectivity index (χ1v) is 8.95. The Balaban J connectivity index is 0. The van der Waals surface area contributed by atoms with Gasteiger partial charge in [0.05, 0.1) is 6.61 Å². The van der Waals surface area contributed by atoms with E-state index in [4.69, 9.17) is 26.2 Å². The Morgan fingerprint density at radius 3 is 1.61 bits per heavy atom. The normalized spacial score (nSPS) is 14.1. The second-order valence-corrected chi connectivity index (χ2v) is 5.94. The predicted octanol–water partition coefficient (Wildman–Crippen LogP) is -0.321. The number of piperidine rings is 1. The number of hydrogen-bond donors (Lipinski definition) is 5. The molecule has 14 heteroatoms. The molecule has 0 saturated carbocycles. The minimum absolute atomic E-state index is 0.231. The van der Waals surface area contributed by atoms with Crippen LogP contribution in [0.25, 0.3) is 0 Å². The number of nitrogens with zero attached hydrogens (tertiary/aromatic N) is 2. The molecule has 0 radical (unpaired) electrons. The van der Waals surface area contributed by atoms with E-state index in [9.17, 15) is 29.3 Å². The minimum Gasteiger partial charge on any atom is -0.478 e. The van der Waals surface area contributed by atoms with Crippen molar-refractivity contribution in [3.8, 4) is 0 Å². The summed E-state index contributed by atoms with van der Waals surface area (Å²) < 4.78 is 0. The van der Waals surface area contributed by atoms with Gasteiger partial charge in [0.1, 0.15) is 0 Å². The fourth-order valence-corrected chi connectivity index (χ4v) is 2.26. The first-order chi connectivity index (χ1) is 14.5. The zero-order valence-corrected chi connectivity index (χ0v) is 16.7. The molecule has 0 atom stereocenters. The molecule has 1 aliphatic heterocycles. The van der Waals surface area contributed by atoms with Crippen molar-refractivity contribution in [1.82, 2.24) is 4.90 Å². The van der Waals surface area contributed by atoms with E-state index >= 15 is 0 Å². The third-order valence-corrected chi connectivity index (χ3v) is 3.61. The van der Waals surface area contributed by atoms with Crippen LogP contribution < -0.4 is 5.73 Å². The molecule has 0 aromatic carbocycles. The lowest BCUT2D eigenvalue weighted by Crippen LogP contribution is -2.37. The Labute approximate surface area is 177 Å². The van der Waals surface area contributed by atoms with Gasteiger partial charge in [0.15, 0.2) is 0 Å². The molecular formula is C17H27N3O11.